The normalized spacial score (nSPS) is 14.6. The maximum atomic E-state index is 13.0. The van der Waals surface area contributed by atoms with Gasteiger partial charge in [0.1, 0.15) is 11.4 Å². The van der Waals surface area contributed by atoms with Gasteiger partial charge in [0.2, 0.25) is 0 Å². The van der Waals surface area contributed by atoms with Crippen molar-refractivity contribution in [2.45, 2.75) is 52.3 Å². The average molecular weight is 326 g/mol. The summed E-state index contributed by atoms with van der Waals surface area (Å²) in [6.07, 6.45) is -4.22. The van der Waals surface area contributed by atoms with Gasteiger partial charge in [-0.25, -0.2) is 0 Å². The molecule has 0 amide bonds. The zero-order chi connectivity index (χ0) is 17.9. The van der Waals surface area contributed by atoms with Gasteiger partial charge < -0.3 is 9.90 Å². The number of aliphatic hydroxyl groups is 1. The molecule has 1 aromatic carbocycles. The van der Waals surface area contributed by atoms with Crippen LogP contribution in [0.4, 0.5) is 13.2 Å². The maximum absolute atomic E-state index is 13.0. The van der Waals surface area contributed by atoms with Crippen molar-refractivity contribution in [2.75, 3.05) is 0 Å². The first-order valence-corrected chi connectivity index (χ1v) is 7.34. The minimum atomic E-state index is -4.51. The zero-order valence-corrected chi connectivity index (χ0v) is 13.7. The van der Waals surface area contributed by atoms with E-state index in [1.54, 1.807) is 20.8 Å². The van der Waals surface area contributed by atoms with E-state index in [0.717, 1.165) is 6.07 Å². The van der Waals surface area contributed by atoms with Gasteiger partial charge >= 0.3 is 6.18 Å². The van der Waals surface area contributed by atoms with E-state index in [4.69, 9.17) is 0 Å². The molecule has 1 aromatic rings. The number of hydrogen-bond donors (Lipinski definition) is 1. The smallest absolute Gasteiger partial charge is 0.377 e. The van der Waals surface area contributed by atoms with Crippen LogP contribution in [0.2, 0.25) is 0 Å². The second kappa shape index (κ2) is 6.76. The summed E-state index contributed by atoms with van der Waals surface area (Å²) in [6, 6.07) is 4.98. The molecule has 0 saturated carbocycles. The van der Waals surface area contributed by atoms with Gasteiger partial charge in [0.15, 0.2) is 0 Å². The Hall–Kier alpha value is -1.80. The van der Waals surface area contributed by atoms with Crippen molar-refractivity contribution in [1.82, 2.24) is 0 Å². The van der Waals surface area contributed by atoms with Crippen molar-refractivity contribution < 1.29 is 23.1 Å². The summed E-state index contributed by atoms with van der Waals surface area (Å²) in [5, 5.41) is 10.7. The molecule has 1 atom stereocenters. The highest BCUT2D eigenvalue weighted by atomic mass is 19.4. The van der Waals surface area contributed by atoms with Crippen LogP contribution >= 0.6 is 0 Å². The van der Waals surface area contributed by atoms with E-state index in [9.17, 15) is 23.1 Å². The fourth-order valence-electron chi connectivity index (χ4n) is 2.51. The van der Waals surface area contributed by atoms with E-state index in [0.29, 0.717) is 0 Å². The minimum Gasteiger partial charge on any atom is -0.377 e. The Bertz CT molecular complexity index is 636. The quantitative estimate of drug-likeness (QED) is 0.842. The molecule has 1 N–H and O–H groups in total. The van der Waals surface area contributed by atoms with Gasteiger partial charge in [-0.1, -0.05) is 44.7 Å². The Kier molecular flexibility index (Phi) is 5.65. The summed E-state index contributed by atoms with van der Waals surface area (Å²) in [5.74, 6) is 4.92. The summed E-state index contributed by atoms with van der Waals surface area (Å²) in [6.45, 7) is 6.46. The number of alkyl halides is 3. The lowest BCUT2D eigenvalue weighted by molar-refractivity contribution is -0.137. The molecule has 0 bridgehead atoms. The molecule has 1 unspecified atom stereocenters. The Morgan fingerprint density at radius 1 is 1.22 bits per heavy atom. The van der Waals surface area contributed by atoms with Crippen LogP contribution in [0, 0.1) is 17.3 Å². The third kappa shape index (κ3) is 4.59. The molecule has 0 aromatic heterocycles. The molecule has 5 heteroatoms. The largest absolute Gasteiger partial charge is 0.417 e. The molecular weight excluding hydrogens is 305 g/mol. The molecule has 1 rings (SSSR count). The lowest BCUT2D eigenvalue weighted by atomic mass is 9.70. The average Bonchev–Trinajstić information content (AvgIpc) is 2.42. The molecule has 126 valence electrons. The number of Topliss-reactive ketones (excluding diaryl/α,β-unsaturated/α-hetero) is 1. The molecule has 0 fully saturated rings. The van der Waals surface area contributed by atoms with Crippen molar-refractivity contribution >= 4 is 5.78 Å². The fraction of sp³-hybridized carbons (Fsp3) is 0.500. The lowest BCUT2D eigenvalue weighted by Crippen LogP contribution is -2.44. The van der Waals surface area contributed by atoms with Crippen LogP contribution in [0.1, 0.15) is 51.7 Å². The molecule has 0 saturated heterocycles. The summed E-state index contributed by atoms with van der Waals surface area (Å²) in [5.41, 5.74) is -3.45. The highest BCUT2D eigenvalue weighted by Crippen LogP contribution is 2.37. The van der Waals surface area contributed by atoms with E-state index in [-0.39, 0.29) is 24.2 Å². The number of rotatable bonds is 4. The van der Waals surface area contributed by atoms with E-state index in [2.05, 4.69) is 11.8 Å². The minimum absolute atomic E-state index is 0.0902. The van der Waals surface area contributed by atoms with Crippen molar-refractivity contribution in [1.29, 1.82) is 0 Å². The standard InChI is InChI=1S/C18H21F3O2/c1-5-17(23,16(3,4)12-13(2)22)11-10-14-8-6-7-9-15(14)18(19,20)21/h6-9,23H,5,12H2,1-4H3. The Labute approximate surface area is 134 Å². The number of hydrogen-bond acceptors (Lipinski definition) is 2. The Balaban J connectivity index is 3.31. The maximum Gasteiger partial charge on any atom is 0.417 e. The van der Waals surface area contributed by atoms with Gasteiger partial charge in [-0.3, -0.25) is 0 Å². The van der Waals surface area contributed by atoms with Crippen LogP contribution in [0.25, 0.3) is 0 Å². The van der Waals surface area contributed by atoms with E-state index < -0.39 is 22.8 Å². The number of ketones is 1. The third-order valence-electron chi connectivity index (χ3n) is 3.96. The lowest BCUT2D eigenvalue weighted by Gasteiger charge is -2.37. The SMILES string of the molecule is CCC(O)(C#Cc1ccccc1C(F)(F)F)C(C)(C)CC(C)=O. The number of carbonyl (C=O) groups is 1. The van der Waals surface area contributed by atoms with E-state index >= 15 is 0 Å². The van der Waals surface area contributed by atoms with Crippen molar-refractivity contribution in [3.63, 3.8) is 0 Å². The second-order valence-corrected chi connectivity index (χ2v) is 6.27. The van der Waals surface area contributed by atoms with Crippen LogP contribution in [0.5, 0.6) is 0 Å². The Morgan fingerprint density at radius 2 is 1.78 bits per heavy atom. The second-order valence-electron chi connectivity index (χ2n) is 6.27. The first kappa shape index (κ1) is 19.2. The van der Waals surface area contributed by atoms with Gasteiger partial charge in [0, 0.05) is 17.4 Å². The van der Waals surface area contributed by atoms with Crippen LogP contribution in [-0.2, 0) is 11.0 Å². The summed E-state index contributed by atoms with van der Waals surface area (Å²) in [4.78, 5) is 11.4. The Morgan fingerprint density at radius 3 is 2.26 bits per heavy atom. The third-order valence-corrected chi connectivity index (χ3v) is 3.96. The molecule has 2 nitrogen and oxygen atoms in total. The van der Waals surface area contributed by atoms with Crippen LogP contribution < -0.4 is 0 Å². The highest BCUT2D eigenvalue weighted by molar-refractivity contribution is 5.76. The van der Waals surface area contributed by atoms with Crippen LogP contribution in [0.3, 0.4) is 0 Å². The molecular formula is C18H21F3O2. The summed E-state index contributed by atoms with van der Waals surface area (Å²) >= 11 is 0. The van der Waals surface area contributed by atoms with Gasteiger partial charge in [0.05, 0.1) is 5.56 Å². The van der Waals surface area contributed by atoms with Gasteiger partial charge in [-0.05, 0) is 25.5 Å². The fourth-order valence-corrected chi connectivity index (χ4v) is 2.51. The number of halogens is 3. The molecule has 0 spiro atoms. The number of carbonyl (C=O) groups excluding carboxylic acids is 1. The van der Waals surface area contributed by atoms with Crippen LogP contribution in [-0.4, -0.2) is 16.5 Å². The summed E-state index contributed by atoms with van der Waals surface area (Å²) < 4.78 is 38.9. The first-order valence-electron chi connectivity index (χ1n) is 7.34. The van der Waals surface area contributed by atoms with Crippen LogP contribution in [0.15, 0.2) is 24.3 Å². The van der Waals surface area contributed by atoms with Crippen molar-refractivity contribution in [3.8, 4) is 11.8 Å². The molecule has 23 heavy (non-hydrogen) atoms. The monoisotopic (exact) mass is 326 g/mol. The summed E-state index contributed by atoms with van der Waals surface area (Å²) in [7, 11) is 0. The highest BCUT2D eigenvalue weighted by Gasteiger charge is 2.41. The molecule has 0 aliphatic heterocycles. The topological polar surface area (TPSA) is 37.3 Å². The van der Waals surface area contributed by atoms with E-state index in [1.807, 2.05) is 0 Å². The number of benzene rings is 1. The van der Waals surface area contributed by atoms with E-state index in [1.165, 1.54) is 25.1 Å². The van der Waals surface area contributed by atoms with Gasteiger partial charge in [-0.15, -0.1) is 0 Å². The van der Waals surface area contributed by atoms with Crippen molar-refractivity contribution in [3.05, 3.63) is 35.4 Å². The molecule has 0 heterocycles. The predicted molar refractivity (Wildman–Crippen MR) is 82.6 cm³/mol. The first-order chi connectivity index (χ1) is 10.4. The molecule has 0 aliphatic carbocycles. The molecule has 0 radical (unpaired) electrons. The zero-order valence-electron chi connectivity index (χ0n) is 13.7. The molecule has 0 aliphatic rings. The predicted octanol–water partition coefficient (Wildman–Crippen LogP) is 4.20. The van der Waals surface area contributed by atoms with Crippen molar-refractivity contribution in [2.24, 2.45) is 5.41 Å². The van der Waals surface area contributed by atoms with Gasteiger partial charge in [-0.2, -0.15) is 13.2 Å². The van der Waals surface area contributed by atoms with Gasteiger partial charge in [0.25, 0.3) is 0 Å².